The van der Waals surface area contributed by atoms with Gasteiger partial charge in [0, 0.05) is 11.9 Å². The molecule has 22 heavy (non-hydrogen) atoms. The summed E-state index contributed by atoms with van der Waals surface area (Å²) < 4.78 is 1.96. The van der Waals surface area contributed by atoms with Crippen molar-refractivity contribution in [2.75, 3.05) is 6.26 Å². The Morgan fingerprint density at radius 1 is 1.18 bits per heavy atom. The predicted molar refractivity (Wildman–Crippen MR) is 92.4 cm³/mol. The summed E-state index contributed by atoms with van der Waals surface area (Å²) >= 11 is 1.70. The van der Waals surface area contributed by atoms with Crippen LogP contribution in [0.3, 0.4) is 0 Å². The fraction of sp³-hybridized carbons (Fsp3) is 0.111. The van der Waals surface area contributed by atoms with Gasteiger partial charge in [0.25, 0.3) is 0 Å². The van der Waals surface area contributed by atoms with Gasteiger partial charge in [-0.3, -0.25) is 0 Å². The first-order valence-corrected chi connectivity index (χ1v) is 8.13. The second-order valence-electron chi connectivity index (χ2n) is 4.93. The largest absolute Gasteiger partial charge is 0.327 e. The van der Waals surface area contributed by atoms with Gasteiger partial charge in [-0.2, -0.15) is 5.26 Å². The highest BCUT2D eigenvalue weighted by atomic mass is 32.2. The molecule has 0 amide bonds. The van der Waals surface area contributed by atoms with Crippen molar-refractivity contribution < 1.29 is 0 Å². The van der Waals surface area contributed by atoms with Crippen molar-refractivity contribution in [1.29, 1.82) is 5.26 Å². The van der Waals surface area contributed by atoms with Crippen molar-refractivity contribution in [3.63, 3.8) is 0 Å². The van der Waals surface area contributed by atoms with Crippen LogP contribution in [0, 0.1) is 11.3 Å². The molecule has 2 aromatic carbocycles. The van der Waals surface area contributed by atoms with E-state index in [9.17, 15) is 5.26 Å². The van der Waals surface area contributed by atoms with Crippen molar-refractivity contribution in [2.45, 2.75) is 4.90 Å². The number of aryl methyl sites for hydroxylation is 1. The van der Waals surface area contributed by atoms with Gasteiger partial charge in [0.15, 0.2) is 5.82 Å². The van der Waals surface area contributed by atoms with Gasteiger partial charge in [0.1, 0.15) is 6.07 Å². The zero-order valence-electron chi connectivity index (χ0n) is 12.4. The normalized spacial score (nSPS) is 11.6. The molecule has 0 N–H and O–H groups in total. The summed E-state index contributed by atoms with van der Waals surface area (Å²) in [5, 5.41) is 9.52. The monoisotopic (exact) mass is 305 g/mol. The minimum atomic E-state index is 0.565. The number of nitriles is 1. The molecule has 1 heterocycles. The van der Waals surface area contributed by atoms with Crippen molar-refractivity contribution >= 4 is 34.4 Å². The number of fused-ring (bicyclic) bond motifs is 1. The van der Waals surface area contributed by atoms with E-state index in [1.807, 2.05) is 60.3 Å². The maximum atomic E-state index is 9.52. The lowest BCUT2D eigenvalue weighted by Crippen LogP contribution is -1.96. The second kappa shape index (κ2) is 6.08. The molecule has 0 spiro atoms. The van der Waals surface area contributed by atoms with E-state index < -0.39 is 0 Å². The Kier molecular flexibility index (Phi) is 3.99. The van der Waals surface area contributed by atoms with Crippen LogP contribution in [-0.4, -0.2) is 15.8 Å². The number of hydrogen-bond acceptors (Lipinski definition) is 3. The lowest BCUT2D eigenvalue weighted by Gasteiger charge is -2.02. The van der Waals surface area contributed by atoms with Crippen LogP contribution >= 0.6 is 11.8 Å². The summed E-state index contributed by atoms with van der Waals surface area (Å²) in [5.41, 5.74) is 3.49. The average Bonchev–Trinajstić information content (AvgIpc) is 2.90. The third-order valence-corrected chi connectivity index (χ3v) is 4.32. The number of aromatic nitrogens is 2. The van der Waals surface area contributed by atoms with Gasteiger partial charge in [-0.05, 0) is 42.2 Å². The van der Waals surface area contributed by atoms with Crippen LogP contribution in [0.15, 0.2) is 53.4 Å². The molecule has 1 aromatic heterocycles. The van der Waals surface area contributed by atoms with Crippen molar-refractivity contribution in [3.05, 3.63) is 59.9 Å². The van der Waals surface area contributed by atoms with E-state index in [0.29, 0.717) is 11.4 Å². The first kappa shape index (κ1) is 14.4. The molecule has 0 atom stereocenters. The number of allylic oxidation sites excluding steroid dienone is 1. The molecule has 4 heteroatoms. The molecule has 0 saturated carbocycles. The predicted octanol–water partition coefficient (Wildman–Crippen LogP) is 4.36. The van der Waals surface area contributed by atoms with E-state index in [2.05, 4.69) is 23.2 Å². The summed E-state index contributed by atoms with van der Waals surface area (Å²) in [5.74, 6) is 0.692. The average molecular weight is 305 g/mol. The fourth-order valence-corrected chi connectivity index (χ4v) is 2.81. The highest BCUT2D eigenvalue weighted by Gasteiger charge is 2.11. The smallest absolute Gasteiger partial charge is 0.151 e. The van der Waals surface area contributed by atoms with Gasteiger partial charge in [-0.25, -0.2) is 4.98 Å². The molecule has 0 aliphatic rings. The summed E-state index contributed by atoms with van der Waals surface area (Å²) in [6, 6.07) is 18.3. The van der Waals surface area contributed by atoms with E-state index in [0.717, 1.165) is 16.6 Å². The van der Waals surface area contributed by atoms with Crippen molar-refractivity contribution in [1.82, 2.24) is 9.55 Å². The first-order valence-electron chi connectivity index (χ1n) is 6.90. The van der Waals surface area contributed by atoms with Gasteiger partial charge in [-0.1, -0.05) is 24.3 Å². The van der Waals surface area contributed by atoms with Crippen molar-refractivity contribution in [2.24, 2.45) is 7.05 Å². The number of benzene rings is 2. The van der Waals surface area contributed by atoms with E-state index in [1.165, 1.54) is 4.90 Å². The molecule has 3 aromatic rings. The van der Waals surface area contributed by atoms with Crippen molar-refractivity contribution in [3.8, 4) is 6.07 Å². The number of para-hydroxylation sites is 2. The topological polar surface area (TPSA) is 41.6 Å². The Bertz CT molecular complexity index is 883. The highest BCUT2D eigenvalue weighted by Crippen LogP contribution is 2.23. The van der Waals surface area contributed by atoms with Crippen LogP contribution < -0.4 is 0 Å². The third-order valence-electron chi connectivity index (χ3n) is 3.58. The van der Waals surface area contributed by atoms with Gasteiger partial charge in [0.05, 0.1) is 16.6 Å². The molecule has 3 nitrogen and oxygen atoms in total. The Morgan fingerprint density at radius 2 is 1.91 bits per heavy atom. The Hall–Kier alpha value is -2.51. The zero-order valence-corrected chi connectivity index (χ0v) is 13.3. The van der Waals surface area contributed by atoms with E-state index in [-0.39, 0.29) is 0 Å². The highest BCUT2D eigenvalue weighted by molar-refractivity contribution is 7.98. The van der Waals surface area contributed by atoms with E-state index >= 15 is 0 Å². The summed E-state index contributed by atoms with van der Waals surface area (Å²) in [6.45, 7) is 0. The summed E-state index contributed by atoms with van der Waals surface area (Å²) in [6.07, 6.45) is 3.93. The maximum Gasteiger partial charge on any atom is 0.151 e. The molecule has 0 bridgehead atoms. The Balaban J connectivity index is 2.07. The first-order chi connectivity index (χ1) is 10.7. The van der Waals surface area contributed by atoms with E-state index in [1.54, 1.807) is 11.8 Å². The molecule has 108 valence electrons. The molecular weight excluding hydrogens is 290 g/mol. The minimum absolute atomic E-state index is 0.565. The molecule has 0 fully saturated rings. The molecule has 0 radical (unpaired) electrons. The number of rotatable bonds is 3. The van der Waals surface area contributed by atoms with Crippen LogP contribution in [0.5, 0.6) is 0 Å². The van der Waals surface area contributed by atoms with Crippen LogP contribution in [0.4, 0.5) is 0 Å². The summed E-state index contributed by atoms with van der Waals surface area (Å²) in [7, 11) is 1.94. The fourth-order valence-electron chi connectivity index (χ4n) is 2.40. The quantitative estimate of drug-likeness (QED) is 0.533. The van der Waals surface area contributed by atoms with Gasteiger partial charge in [-0.15, -0.1) is 11.8 Å². The SMILES string of the molecule is CSc1ccc(C=C(C#N)c2nc3ccccc3n2C)cc1. The lowest BCUT2D eigenvalue weighted by molar-refractivity contribution is 0.925. The minimum Gasteiger partial charge on any atom is -0.327 e. The van der Waals surface area contributed by atoms with E-state index in [4.69, 9.17) is 0 Å². The molecule has 3 rings (SSSR count). The maximum absolute atomic E-state index is 9.52. The zero-order chi connectivity index (χ0) is 15.5. The Labute approximate surface area is 133 Å². The standard InChI is InChI=1S/C18H15N3S/c1-21-17-6-4-3-5-16(17)20-18(21)14(12-19)11-13-7-9-15(22-2)10-8-13/h3-11H,1-2H3. The number of imidazole rings is 1. The number of nitrogens with zero attached hydrogens (tertiary/aromatic N) is 3. The second-order valence-corrected chi connectivity index (χ2v) is 5.81. The van der Waals surface area contributed by atoms with Crippen LogP contribution in [0.1, 0.15) is 11.4 Å². The Morgan fingerprint density at radius 3 is 2.55 bits per heavy atom. The summed E-state index contributed by atoms with van der Waals surface area (Å²) in [4.78, 5) is 5.79. The van der Waals surface area contributed by atoms with Gasteiger partial charge < -0.3 is 4.57 Å². The molecule has 0 unspecified atom stereocenters. The van der Waals surface area contributed by atoms with Gasteiger partial charge in [0.2, 0.25) is 0 Å². The van der Waals surface area contributed by atoms with Crippen LogP contribution in [0.2, 0.25) is 0 Å². The molecule has 0 aliphatic carbocycles. The van der Waals surface area contributed by atoms with Crippen LogP contribution in [0.25, 0.3) is 22.7 Å². The third kappa shape index (κ3) is 2.63. The van der Waals surface area contributed by atoms with Crippen LogP contribution in [-0.2, 0) is 7.05 Å². The number of thioether (sulfide) groups is 1. The molecular formula is C18H15N3S. The lowest BCUT2D eigenvalue weighted by atomic mass is 10.1. The van der Waals surface area contributed by atoms with Gasteiger partial charge >= 0.3 is 0 Å². The molecule has 0 saturated heterocycles. The molecule has 0 aliphatic heterocycles. The number of hydrogen-bond donors (Lipinski definition) is 0.